The molecule has 1 N–H and O–H groups in total. The van der Waals surface area contributed by atoms with Crippen LogP contribution in [0.1, 0.15) is 40.7 Å². The largest absolute Gasteiger partial charge is 0.360 e. The Bertz CT molecular complexity index is 915. The van der Waals surface area contributed by atoms with Crippen LogP contribution >= 0.6 is 0 Å². The summed E-state index contributed by atoms with van der Waals surface area (Å²) in [7, 11) is -3.30. The fourth-order valence-electron chi connectivity index (χ4n) is 3.20. The zero-order valence-electron chi connectivity index (χ0n) is 14.5. The van der Waals surface area contributed by atoms with E-state index in [4.69, 9.17) is 4.52 Å². The van der Waals surface area contributed by atoms with Crippen LogP contribution in [0.2, 0.25) is 0 Å². The molecule has 2 aromatic heterocycles. The average Bonchev–Trinajstić information content (AvgIpc) is 3.21. The second-order valence-electron chi connectivity index (χ2n) is 7.07. The summed E-state index contributed by atoms with van der Waals surface area (Å²) in [6, 6.07) is 3.59. The minimum atomic E-state index is -3.30. The van der Waals surface area contributed by atoms with E-state index in [2.05, 4.69) is 15.0 Å². The van der Waals surface area contributed by atoms with Crippen molar-refractivity contribution in [1.29, 1.82) is 0 Å². The van der Waals surface area contributed by atoms with Gasteiger partial charge in [-0.15, -0.1) is 0 Å². The lowest BCUT2D eigenvalue weighted by molar-refractivity contribution is 0.0712. The van der Waals surface area contributed by atoms with Gasteiger partial charge in [0.1, 0.15) is 5.76 Å². The van der Waals surface area contributed by atoms with Crippen molar-refractivity contribution in [2.75, 3.05) is 19.3 Å². The number of aromatic nitrogens is 3. The van der Waals surface area contributed by atoms with Gasteiger partial charge in [-0.2, -0.15) is 5.10 Å². The highest BCUT2D eigenvalue weighted by atomic mass is 32.2. The lowest BCUT2D eigenvalue weighted by Crippen LogP contribution is -2.38. The summed E-state index contributed by atoms with van der Waals surface area (Å²) in [4.78, 5) is 14.6. The molecule has 1 amide bonds. The van der Waals surface area contributed by atoms with E-state index in [0.717, 1.165) is 30.6 Å². The monoisotopic (exact) mass is 379 g/mol. The molecule has 0 saturated heterocycles. The van der Waals surface area contributed by atoms with Gasteiger partial charge in [-0.25, -0.2) is 13.1 Å². The van der Waals surface area contributed by atoms with Gasteiger partial charge in [-0.3, -0.25) is 9.48 Å². The Hall–Kier alpha value is -2.20. The highest BCUT2D eigenvalue weighted by molar-refractivity contribution is 7.88. The van der Waals surface area contributed by atoms with E-state index in [1.54, 1.807) is 17.2 Å². The number of fused-ring (bicyclic) bond motifs is 1. The van der Waals surface area contributed by atoms with E-state index in [-0.39, 0.29) is 18.4 Å². The molecule has 1 aliphatic carbocycles. The van der Waals surface area contributed by atoms with Crippen LogP contribution in [-0.2, 0) is 23.1 Å². The normalized spacial score (nSPS) is 20.7. The number of amides is 1. The van der Waals surface area contributed by atoms with Gasteiger partial charge in [-0.1, -0.05) is 5.16 Å². The van der Waals surface area contributed by atoms with Crippen LogP contribution in [0, 0.1) is 5.92 Å². The van der Waals surface area contributed by atoms with E-state index < -0.39 is 10.0 Å². The van der Waals surface area contributed by atoms with Gasteiger partial charge in [0.05, 0.1) is 18.5 Å². The molecule has 4 rings (SSSR count). The van der Waals surface area contributed by atoms with Gasteiger partial charge in [0.2, 0.25) is 10.0 Å². The van der Waals surface area contributed by atoms with E-state index in [9.17, 15) is 13.2 Å². The highest BCUT2D eigenvalue weighted by Crippen LogP contribution is 2.40. The minimum absolute atomic E-state index is 0.0929. The molecular weight excluding hydrogens is 358 g/mol. The Labute approximate surface area is 151 Å². The maximum atomic E-state index is 12.9. The number of nitrogens with one attached hydrogen (secondary N) is 1. The molecule has 26 heavy (non-hydrogen) atoms. The third-order valence-corrected chi connectivity index (χ3v) is 5.41. The first kappa shape index (κ1) is 17.2. The number of carbonyl (C=O) groups is 1. The standard InChI is InChI=1S/C16H21N5O4S/c1-26(23,24)18-7-11-8-20(10-13-4-5-17-21(13)9-11)16(22)14-6-15(25-19-14)12-2-3-12/h4-6,11-12,18H,2-3,7-10H2,1H3/t11-/m0/s1. The maximum Gasteiger partial charge on any atom is 0.276 e. The Morgan fingerprint density at radius 2 is 2.19 bits per heavy atom. The summed E-state index contributed by atoms with van der Waals surface area (Å²) < 4.78 is 32.5. The number of hydrogen-bond acceptors (Lipinski definition) is 6. The topological polar surface area (TPSA) is 110 Å². The van der Waals surface area contributed by atoms with Crippen molar-refractivity contribution in [3.05, 3.63) is 35.5 Å². The Morgan fingerprint density at radius 1 is 1.38 bits per heavy atom. The third-order valence-electron chi connectivity index (χ3n) is 4.72. The maximum absolute atomic E-state index is 12.9. The molecule has 1 fully saturated rings. The summed E-state index contributed by atoms with van der Waals surface area (Å²) in [6.45, 7) is 1.60. The lowest BCUT2D eigenvalue weighted by Gasteiger charge is -2.23. The molecule has 2 aromatic rings. The zero-order chi connectivity index (χ0) is 18.3. The smallest absolute Gasteiger partial charge is 0.276 e. The Kier molecular flexibility index (Phi) is 4.31. The van der Waals surface area contributed by atoms with E-state index in [1.165, 1.54) is 0 Å². The van der Waals surface area contributed by atoms with Crippen molar-refractivity contribution >= 4 is 15.9 Å². The van der Waals surface area contributed by atoms with Crippen molar-refractivity contribution < 1.29 is 17.7 Å². The first-order valence-corrected chi connectivity index (χ1v) is 10.5. The van der Waals surface area contributed by atoms with Gasteiger partial charge in [0, 0.05) is 43.7 Å². The second kappa shape index (κ2) is 6.51. The van der Waals surface area contributed by atoms with Crippen molar-refractivity contribution in [1.82, 2.24) is 24.6 Å². The molecule has 140 valence electrons. The SMILES string of the molecule is CS(=O)(=O)NC[C@H]1CN(C(=O)c2cc(C3CC3)on2)Cc2ccnn2C1. The first-order chi connectivity index (χ1) is 12.4. The Balaban J connectivity index is 1.54. The second-order valence-corrected chi connectivity index (χ2v) is 8.90. The number of carbonyl (C=O) groups excluding carboxylic acids is 1. The molecule has 1 aliphatic heterocycles. The molecule has 0 bridgehead atoms. The summed E-state index contributed by atoms with van der Waals surface area (Å²) >= 11 is 0. The van der Waals surface area contributed by atoms with Crippen LogP contribution in [0.3, 0.4) is 0 Å². The van der Waals surface area contributed by atoms with Gasteiger partial charge in [-0.05, 0) is 18.9 Å². The van der Waals surface area contributed by atoms with E-state index >= 15 is 0 Å². The van der Waals surface area contributed by atoms with Crippen molar-refractivity contribution in [2.24, 2.45) is 5.92 Å². The van der Waals surface area contributed by atoms with Crippen molar-refractivity contribution in [2.45, 2.75) is 31.8 Å². The molecule has 10 heteroatoms. The van der Waals surface area contributed by atoms with Gasteiger partial charge >= 0.3 is 0 Å². The first-order valence-electron chi connectivity index (χ1n) is 8.60. The van der Waals surface area contributed by atoms with Gasteiger partial charge < -0.3 is 9.42 Å². The average molecular weight is 379 g/mol. The fourth-order valence-corrected chi connectivity index (χ4v) is 3.74. The summed E-state index contributed by atoms with van der Waals surface area (Å²) in [5.74, 6) is 0.856. The summed E-state index contributed by atoms with van der Waals surface area (Å²) in [6.07, 6.45) is 4.96. The predicted molar refractivity (Wildman–Crippen MR) is 91.8 cm³/mol. The van der Waals surface area contributed by atoms with Crippen LogP contribution in [0.25, 0.3) is 0 Å². The zero-order valence-corrected chi connectivity index (χ0v) is 15.3. The molecule has 2 aliphatic rings. The molecule has 0 radical (unpaired) electrons. The van der Waals surface area contributed by atoms with Crippen LogP contribution in [-0.4, -0.2) is 53.5 Å². The molecule has 0 spiro atoms. The summed E-state index contributed by atoms with van der Waals surface area (Å²) in [5.41, 5.74) is 1.21. The fraction of sp³-hybridized carbons (Fsp3) is 0.562. The minimum Gasteiger partial charge on any atom is -0.360 e. The number of nitrogens with zero attached hydrogens (tertiary/aromatic N) is 4. The van der Waals surface area contributed by atoms with Crippen molar-refractivity contribution in [3.63, 3.8) is 0 Å². The highest BCUT2D eigenvalue weighted by Gasteiger charge is 2.32. The predicted octanol–water partition coefficient (Wildman–Crippen LogP) is 0.570. The molecule has 0 aromatic carbocycles. The van der Waals surface area contributed by atoms with Crippen LogP contribution in [0.4, 0.5) is 0 Å². The molecule has 0 unspecified atom stereocenters. The van der Waals surface area contributed by atoms with Crippen LogP contribution < -0.4 is 4.72 Å². The molecule has 1 atom stereocenters. The van der Waals surface area contributed by atoms with Gasteiger partial charge in [0.15, 0.2) is 5.69 Å². The van der Waals surface area contributed by atoms with E-state index in [1.807, 2.05) is 10.7 Å². The number of hydrogen-bond donors (Lipinski definition) is 1. The van der Waals surface area contributed by atoms with Gasteiger partial charge in [0.25, 0.3) is 5.91 Å². The van der Waals surface area contributed by atoms with Crippen LogP contribution in [0.15, 0.2) is 22.9 Å². The molecule has 9 nitrogen and oxygen atoms in total. The summed E-state index contributed by atoms with van der Waals surface area (Å²) in [5, 5.41) is 8.22. The number of sulfonamides is 1. The molecule has 1 saturated carbocycles. The Morgan fingerprint density at radius 3 is 2.92 bits per heavy atom. The van der Waals surface area contributed by atoms with Crippen molar-refractivity contribution in [3.8, 4) is 0 Å². The molecule has 3 heterocycles. The number of rotatable bonds is 5. The van der Waals surface area contributed by atoms with Crippen LogP contribution in [0.5, 0.6) is 0 Å². The quantitative estimate of drug-likeness (QED) is 0.813. The third kappa shape index (κ3) is 3.80. The lowest BCUT2D eigenvalue weighted by atomic mass is 10.1. The molecular formula is C16H21N5O4S. The van der Waals surface area contributed by atoms with E-state index in [0.29, 0.717) is 31.2 Å².